The molecule has 22 heavy (non-hydrogen) atoms. The van der Waals surface area contributed by atoms with Crippen molar-refractivity contribution >= 4 is 17.6 Å². The van der Waals surface area contributed by atoms with E-state index in [0.29, 0.717) is 17.9 Å². The molecule has 0 bridgehead atoms. The van der Waals surface area contributed by atoms with Gasteiger partial charge in [-0.2, -0.15) is 0 Å². The van der Waals surface area contributed by atoms with Crippen LogP contribution < -0.4 is 5.32 Å². The summed E-state index contributed by atoms with van der Waals surface area (Å²) in [5.41, 5.74) is 1.58. The molecular formula is C17H19NO4. The zero-order chi connectivity index (χ0) is 15.9. The quantitative estimate of drug-likeness (QED) is 0.651. The van der Waals surface area contributed by atoms with E-state index in [1.54, 1.807) is 24.3 Å². The van der Waals surface area contributed by atoms with Gasteiger partial charge in [-0.1, -0.05) is 25.5 Å². The Morgan fingerprint density at radius 3 is 2.73 bits per heavy atom. The molecule has 5 heteroatoms. The molecule has 0 aliphatic rings. The highest BCUT2D eigenvalue weighted by atomic mass is 16.5. The van der Waals surface area contributed by atoms with Crippen LogP contribution in [-0.4, -0.2) is 18.5 Å². The van der Waals surface area contributed by atoms with Crippen LogP contribution in [0.3, 0.4) is 0 Å². The summed E-state index contributed by atoms with van der Waals surface area (Å²) in [6.45, 7) is 4.21. The smallest absolute Gasteiger partial charge is 0.340 e. The third kappa shape index (κ3) is 3.75. The van der Waals surface area contributed by atoms with Gasteiger partial charge >= 0.3 is 5.97 Å². The minimum absolute atomic E-state index is 0.188. The highest BCUT2D eigenvalue weighted by molar-refractivity contribution is 6.07. The van der Waals surface area contributed by atoms with Crippen molar-refractivity contribution in [1.82, 2.24) is 0 Å². The molecule has 0 atom stereocenters. The second-order valence-electron chi connectivity index (χ2n) is 4.92. The molecule has 0 saturated carbocycles. The van der Waals surface area contributed by atoms with Gasteiger partial charge in [0.15, 0.2) is 5.76 Å². The lowest BCUT2D eigenvalue weighted by Crippen LogP contribution is -2.16. The molecule has 1 heterocycles. The fourth-order valence-corrected chi connectivity index (χ4v) is 1.97. The van der Waals surface area contributed by atoms with Crippen molar-refractivity contribution < 1.29 is 18.7 Å². The number of ether oxygens (including phenoxy) is 1. The van der Waals surface area contributed by atoms with Crippen LogP contribution in [0.5, 0.6) is 0 Å². The van der Waals surface area contributed by atoms with Gasteiger partial charge < -0.3 is 14.5 Å². The summed E-state index contributed by atoms with van der Waals surface area (Å²) in [6.07, 6.45) is 3.18. The summed E-state index contributed by atoms with van der Waals surface area (Å²) in [5, 5.41) is 2.72. The summed E-state index contributed by atoms with van der Waals surface area (Å²) in [6, 6.07) is 8.41. The minimum Gasteiger partial charge on any atom is -0.462 e. The number of carbonyl (C=O) groups is 2. The van der Waals surface area contributed by atoms with E-state index in [0.717, 1.165) is 18.4 Å². The highest BCUT2D eigenvalue weighted by Gasteiger charge is 2.18. The number of hydrogen-bond acceptors (Lipinski definition) is 4. The molecule has 0 spiro atoms. The topological polar surface area (TPSA) is 68.5 Å². The number of nitrogens with one attached hydrogen (secondary N) is 1. The Bertz CT molecular complexity index is 647. The second kappa shape index (κ2) is 7.45. The Morgan fingerprint density at radius 2 is 2.05 bits per heavy atom. The third-order valence-corrected chi connectivity index (χ3v) is 3.21. The number of esters is 1. The van der Waals surface area contributed by atoms with Gasteiger partial charge in [-0.3, -0.25) is 4.79 Å². The van der Waals surface area contributed by atoms with Crippen molar-refractivity contribution in [3.8, 4) is 0 Å². The molecule has 116 valence electrons. The van der Waals surface area contributed by atoms with E-state index in [1.165, 1.54) is 6.26 Å². The van der Waals surface area contributed by atoms with E-state index in [-0.39, 0.29) is 5.76 Å². The molecule has 2 aromatic rings. The molecule has 0 aliphatic heterocycles. The van der Waals surface area contributed by atoms with Crippen LogP contribution in [0, 0.1) is 6.92 Å². The van der Waals surface area contributed by atoms with Gasteiger partial charge in [-0.15, -0.1) is 0 Å². The number of benzene rings is 1. The Hall–Kier alpha value is -2.56. The maximum Gasteiger partial charge on any atom is 0.340 e. The van der Waals surface area contributed by atoms with Gasteiger partial charge in [0.05, 0.1) is 24.1 Å². The normalized spacial score (nSPS) is 10.3. The zero-order valence-electron chi connectivity index (χ0n) is 12.7. The average Bonchev–Trinajstić information content (AvgIpc) is 3.03. The van der Waals surface area contributed by atoms with Crippen molar-refractivity contribution in [3.05, 3.63) is 53.5 Å². The van der Waals surface area contributed by atoms with Crippen LogP contribution >= 0.6 is 0 Å². The fraction of sp³-hybridized carbons (Fsp3) is 0.294. The Morgan fingerprint density at radius 1 is 1.23 bits per heavy atom. The van der Waals surface area contributed by atoms with E-state index in [4.69, 9.17) is 9.15 Å². The monoisotopic (exact) mass is 301 g/mol. The Balaban J connectivity index is 2.19. The van der Waals surface area contributed by atoms with E-state index >= 15 is 0 Å². The first-order valence-corrected chi connectivity index (χ1v) is 7.25. The Labute approximate surface area is 129 Å². The molecule has 2 rings (SSSR count). The van der Waals surface area contributed by atoms with Gasteiger partial charge in [0.2, 0.25) is 0 Å². The summed E-state index contributed by atoms with van der Waals surface area (Å²) >= 11 is 0. The van der Waals surface area contributed by atoms with Crippen LogP contribution in [0.4, 0.5) is 5.69 Å². The standard InChI is InChI=1S/C17H19NO4/c1-3-4-10-22-17(20)13-8-5-7-12(2)15(13)18-16(19)14-9-6-11-21-14/h5-9,11H,3-4,10H2,1-2H3,(H,18,19). The van der Waals surface area contributed by atoms with Gasteiger partial charge in [-0.25, -0.2) is 4.79 Å². The minimum atomic E-state index is -0.438. The number of furan rings is 1. The van der Waals surface area contributed by atoms with Crippen molar-refractivity contribution in [2.24, 2.45) is 0 Å². The predicted molar refractivity (Wildman–Crippen MR) is 83.0 cm³/mol. The fourth-order valence-electron chi connectivity index (χ4n) is 1.97. The molecule has 0 radical (unpaired) electrons. The zero-order valence-corrected chi connectivity index (χ0v) is 12.7. The van der Waals surface area contributed by atoms with Crippen LogP contribution in [0.25, 0.3) is 0 Å². The molecule has 1 aromatic heterocycles. The van der Waals surface area contributed by atoms with Crippen molar-refractivity contribution in [3.63, 3.8) is 0 Å². The SMILES string of the molecule is CCCCOC(=O)c1cccc(C)c1NC(=O)c1ccco1. The van der Waals surface area contributed by atoms with Gasteiger partial charge in [0.1, 0.15) is 0 Å². The summed E-state index contributed by atoms with van der Waals surface area (Å²) < 4.78 is 10.3. The first-order valence-electron chi connectivity index (χ1n) is 7.25. The maximum absolute atomic E-state index is 12.2. The number of aryl methyl sites for hydroxylation is 1. The van der Waals surface area contributed by atoms with Crippen molar-refractivity contribution in [1.29, 1.82) is 0 Å². The van der Waals surface area contributed by atoms with E-state index in [2.05, 4.69) is 5.32 Å². The van der Waals surface area contributed by atoms with Crippen molar-refractivity contribution in [2.75, 3.05) is 11.9 Å². The number of amides is 1. The molecule has 1 aromatic carbocycles. The second-order valence-corrected chi connectivity index (χ2v) is 4.92. The molecule has 0 fully saturated rings. The first kappa shape index (κ1) is 15.8. The third-order valence-electron chi connectivity index (χ3n) is 3.21. The molecule has 1 N–H and O–H groups in total. The van der Waals surface area contributed by atoms with E-state index in [9.17, 15) is 9.59 Å². The number of rotatable bonds is 6. The number of hydrogen-bond donors (Lipinski definition) is 1. The first-order chi connectivity index (χ1) is 10.6. The maximum atomic E-state index is 12.2. The van der Waals surface area contributed by atoms with Crippen LogP contribution in [0.2, 0.25) is 0 Å². The lowest BCUT2D eigenvalue weighted by molar-refractivity contribution is 0.0501. The predicted octanol–water partition coefficient (Wildman–Crippen LogP) is 3.80. The molecule has 1 amide bonds. The Kier molecular flexibility index (Phi) is 5.36. The molecule has 5 nitrogen and oxygen atoms in total. The lowest BCUT2D eigenvalue weighted by Gasteiger charge is -2.12. The number of anilines is 1. The van der Waals surface area contributed by atoms with Crippen LogP contribution in [0.15, 0.2) is 41.0 Å². The summed E-state index contributed by atoms with van der Waals surface area (Å²) in [7, 11) is 0. The highest BCUT2D eigenvalue weighted by Crippen LogP contribution is 2.22. The largest absolute Gasteiger partial charge is 0.462 e. The van der Waals surface area contributed by atoms with Gasteiger partial charge in [0.25, 0.3) is 5.91 Å². The number of para-hydroxylation sites is 1. The summed E-state index contributed by atoms with van der Waals surface area (Å²) in [4.78, 5) is 24.3. The number of carbonyl (C=O) groups excluding carboxylic acids is 2. The molecule has 0 aliphatic carbocycles. The molecular weight excluding hydrogens is 282 g/mol. The summed E-state index contributed by atoms with van der Waals surface area (Å²) in [5.74, 6) is -0.651. The molecule has 0 unspecified atom stereocenters. The van der Waals surface area contributed by atoms with E-state index < -0.39 is 11.9 Å². The van der Waals surface area contributed by atoms with E-state index in [1.807, 2.05) is 19.9 Å². The van der Waals surface area contributed by atoms with Crippen LogP contribution in [-0.2, 0) is 4.74 Å². The van der Waals surface area contributed by atoms with Gasteiger partial charge in [-0.05, 0) is 37.1 Å². The molecule has 0 saturated heterocycles. The average molecular weight is 301 g/mol. The lowest BCUT2D eigenvalue weighted by atomic mass is 10.1. The number of unbranched alkanes of at least 4 members (excludes halogenated alkanes) is 1. The van der Waals surface area contributed by atoms with Crippen LogP contribution in [0.1, 0.15) is 46.2 Å². The van der Waals surface area contributed by atoms with Crippen molar-refractivity contribution in [2.45, 2.75) is 26.7 Å². The van der Waals surface area contributed by atoms with Gasteiger partial charge in [0, 0.05) is 0 Å².